The summed E-state index contributed by atoms with van der Waals surface area (Å²) in [5.41, 5.74) is 1.39. The molecule has 3 rings (SSSR count). The molecule has 0 saturated carbocycles. The van der Waals surface area contributed by atoms with Crippen LogP contribution >= 0.6 is 0 Å². The maximum absolute atomic E-state index is 13.0. The zero-order chi connectivity index (χ0) is 21.6. The smallest absolute Gasteiger partial charge is 0.261 e. The van der Waals surface area contributed by atoms with Crippen LogP contribution in [-0.4, -0.2) is 20.9 Å². The van der Waals surface area contributed by atoms with Crippen molar-refractivity contribution >= 4 is 21.6 Å². The van der Waals surface area contributed by atoms with E-state index in [-0.39, 0.29) is 22.0 Å². The summed E-state index contributed by atoms with van der Waals surface area (Å²) in [5.74, 6) is -1.17. The lowest BCUT2D eigenvalue weighted by Gasteiger charge is -2.10. The number of carbonyl (C=O) groups excluding carboxylic acids is 1. The Hall–Kier alpha value is -3.26. The third-order valence-electron chi connectivity index (χ3n) is 4.34. The van der Waals surface area contributed by atoms with Gasteiger partial charge in [-0.1, -0.05) is 18.2 Å². The summed E-state index contributed by atoms with van der Waals surface area (Å²) in [6.45, 7) is 0.390. The number of nitrogens with one attached hydrogen (secondary N) is 2. The highest BCUT2D eigenvalue weighted by molar-refractivity contribution is 7.92. The van der Waals surface area contributed by atoms with Crippen molar-refractivity contribution in [2.75, 3.05) is 11.3 Å². The van der Waals surface area contributed by atoms with Gasteiger partial charge in [-0.3, -0.25) is 9.52 Å². The molecule has 3 aromatic rings. The molecule has 0 radical (unpaired) electrons. The standard InChI is InChI=1S/C22H20F2N2O3S/c23-18-8-6-16(7-9-18)3-2-14-25-22(27)17-4-1-5-21(15-17)30(28,29)26-20-12-10-19(24)11-13-20/h1,4-13,15,26H,2-3,14H2,(H,25,27). The van der Waals surface area contributed by atoms with Gasteiger partial charge in [0.15, 0.2) is 0 Å². The third kappa shape index (κ3) is 5.87. The van der Waals surface area contributed by atoms with Crippen LogP contribution in [0.4, 0.5) is 14.5 Å². The SMILES string of the molecule is O=C(NCCCc1ccc(F)cc1)c1cccc(S(=O)(=O)Nc2ccc(F)cc2)c1. The second-order valence-electron chi connectivity index (χ2n) is 6.63. The lowest BCUT2D eigenvalue weighted by atomic mass is 10.1. The van der Waals surface area contributed by atoms with Crippen LogP contribution in [0.2, 0.25) is 0 Å². The molecule has 0 saturated heterocycles. The Morgan fingerprint density at radius 3 is 2.17 bits per heavy atom. The summed E-state index contributed by atoms with van der Waals surface area (Å²) in [4.78, 5) is 12.3. The minimum Gasteiger partial charge on any atom is -0.352 e. The number of benzene rings is 3. The van der Waals surface area contributed by atoms with E-state index in [0.717, 1.165) is 17.7 Å². The van der Waals surface area contributed by atoms with Crippen molar-refractivity contribution in [1.82, 2.24) is 5.32 Å². The highest BCUT2D eigenvalue weighted by atomic mass is 32.2. The Morgan fingerprint density at radius 1 is 0.867 bits per heavy atom. The maximum atomic E-state index is 13.0. The zero-order valence-corrected chi connectivity index (χ0v) is 16.8. The van der Waals surface area contributed by atoms with E-state index in [1.165, 1.54) is 48.5 Å². The molecule has 0 atom stereocenters. The average Bonchev–Trinajstić information content (AvgIpc) is 2.74. The number of hydrogen-bond acceptors (Lipinski definition) is 3. The Morgan fingerprint density at radius 2 is 1.50 bits per heavy atom. The van der Waals surface area contributed by atoms with E-state index in [0.29, 0.717) is 19.4 Å². The number of halogens is 2. The molecule has 0 aliphatic heterocycles. The molecule has 0 unspecified atom stereocenters. The van der Waals surface area contributed by atoms with E-state index in [4.69, 9.17) is 0 Å². The van der Waals surface area contributed by atoms with Gasteiger partial charge >= 0.3 is 0 Å². The maximum Gasteiger partial charge on any atom is 0.261 e. The normalized spacial score (nSPS) is 11.1. The molecule has 2 N–H and O–H groups in total. The van der Waals surface area contributed by atoms with Gasteiger partial charge in [-0.25, -0.2) is 17.2 Å². The number of carbonyl (C=O) groups is 1. The zero-order valence-electron chi connectivity index (χ0n) is 15.9. The first-order valence-corrected chi connectivity index (χ1v) is 10.7. The van der Waals surface area contributed by atoms with Crippen molar-refractivity contribution in [2.45, 2.75) is 17.7 Å². The van der Waals surface area contributed by atoms with Gasteiger partial charge in [0.2, 0.25) is 0 Å². The molecule has 8 heteroatoms. The molecule has 30 heavy (non-hydrogen) atoms. The van der Waals surface area contributed by atoms with Crippen LogP contribution in [0.5, 0.6) is 0 Å². The van der Waals surface area contributed by atoms with Gasteiger partial charge in [0.05, 0.1) is 4.90 Å². The number of amides is 1. The van der Waals surface area contributed by atoms with Gasteiger partial charge in [0, 0.05) is 17.8 Å². The van der Waals surface area contributed by atoms with E-state index in [1.807, 2.05) is 0 Å². The summed E-state index contributed by atoms with van der Waals surface area (Å²) >= 11 is 0. The minimum absolute atomic E-state index is 0.0780. The largest absolute Gasteiger partial charge is 0.352 e. The molecule has 5 nitrogen and oxygen atoms in total. The highest BCUT2D eigenvalue weighted by Crippen LogP contribution is 2.17. The van der Waals surface area contributed by atoms with Crippen molar-refractivity contribution in [1.29, 1.82) is 0 Å². The summed E-state index contributed by atoms with van der Waals surface area (Å²) in [6, 6.07) is 16.7. The molecule has 0 bridgehead atoms. The fraction of sp³-hybridized carbons (Fsp3) is 0.136. The predicted molar refractivity (Wildman–Crippen MR) is 111 cm³/mol. The van der Waals surface area contributed by atoms with Gasteiger partial charge in [-0.15, -0.1) is 0 Å². The number of anilines is 1. The molecule has 1 amide bonds. The van der Waals surface area contributed by atoms with Crippen LogP contribution in [0.1, 0.15) is 22.3 Å². The second-order valence-corrected chi connectivity index (χ2v) is 8.31. The molecular weight excluding hydrogens is 410 g/mol. The molecule has 0 aliphatic carbocycles. The van der Waals surface area contributed by atoms with Crippen LogP contribution in [0.15, 0.2) is 77.7 Å². The third-order valence-corrected chi connectivity index (χ3v) is 5.72. The van der Waals surface area contributed by atoms with Gasteiger partial charge in [0.25, 0.3) is 15.9 Å². The van der Waals surface area contributed by atoms with Gasteiger partial charge in [0.1, 0.15) is 11.6 Å². The minimum atomic E-state index is -3.93. The van der Waals surface area contributed by atoms with Crippen molar-refractivity contribution in [3.63, 3.8) is 0 Å². The molecule has 0 spiro atoms. The van der Waals surface area contributed by atoms with Crippen molar-refractivity contribution in [3.05, 3.63) is 95.6 Å². The molecule has 0 aliphatic rings. The summed E-state index contributed by atoms with van der Waals surface area (Å²) in [5, 5.41) is 2.75. The Balaban J connectivity index is 1.58. The quantitative estimate of drug-likeness (QED) is 0.528. The van der Waals surface area contributed by atoms with E-state index in [2.05, 4.69) is 10.0 Å². The lowest BCUT2D eigenvalue weighted by Crippen LogP contribution is -2.25. The number of hydrogen-bond donors (Lipinski definition) is 2. The molecule has 0 aromatic heterocycles. The summed E-state index contributed by atoms with van der Waals surface area (Å²) < 4.78 is 53.3. The fourth-order valence-electron chi connectivity index (χ4n) is 2.78. The van der Waals surface area contributed by atoms with Crippen LogP contribution in [0.3, 0.4) is 0 Å². The van der Waals surface area contributed by atoms with Crippen molar-refractivity contribution < 1.29 is 22.0 Å². The van der Waals surface area contributed by atoms with E-state index in [1.54, 1.807) is 12.1 Å². The van der Waals surface area contributed by atoms with E-state index >= 15 is 0 Å². The summed E-state index contributed by atoms with van der Waals surface area (Å²) in [7, 11) is -3.93. The van der Waals surface area contributed by atoms with E-state index < -0.39 is 21.7 Å². The molecule has 156 valence electrons. The van der Waals surface area contributed by atoms with Gasteiger partial charge in [-0.2, -0.15) is 0 Å². The van der Waals surface area contributed by atoms with Crippen LogP contribution in [-0.2, 0) is 16.4 Å². The number of sulfonamides is 1. The Bertz CT molecular complexity index is 1120. The van der Waals surface area contributed by atoms with Gasteiger partial charge < -0.3 is 5.32 Å². The highest BCUT2D eigenvalue weighted by Gasteiger charge is 2.16. The number of rotatable bonds is 8. The Kier molecular flexibility index (Phi) is 6.79. The molecule has 0 fully saturated rings. The van der Waals surface area contributed by atoms with E-state index in [9.17, 15) is 22.0 Å². The summed E-state index contributed by atoms with van der Waals surface area (Å²) in [6.07, 6.45) is 1.33. The molecule has 0 heterocycles. The first-order chi connectivity index (χ1) is 14.3. The lowest BCUT2D eigenvalue weighted by molar-refractivity contribution is 0.0953. The predicted octanol–water partition coefficient (Wildman–Crippen LogP) is 4.13. The number of aryl methyl sites for hydroxylation is 1. The first-order valence-electron chi connectivity index (χ1n) is 9.24. The van der Waals surface area contributed by atoms with Crippen LogP contribution in [0.25, 0.3) is 0 Å². The molecular formula is C22H20F2N2O3S. The monoisotopic (exact) mass is 430 g/mol. The Labute approximate surface area is 173 Å². The second kappa shape index (κ2) is 9.49. The molecule has 3 aromatic carbocycles. The average molecular weight is 430 g/mol. The van der Waals surface area contributed by atoms with Crippen LogP contribution in [0, 0.1) is 11.6 Å². The van der Waals surface area contributed by atoms with Gasteiger partial charge in [-0.05, 0) is 73.0 Å². The van der Waals surface area contributed by atoms with Crippen molar-refractivity contribution in [2.24, 2.45) is 0 Å². The fourth-order valence-corrected chi connectivity index (χ4v) is 3.89. The first kappa shape index (κ1) is 21.4. The van der Waals surface area contributed by atoms with Crippen molar-refractivity contribution in [3.8, 4) is 0 Å². The topological polar surface area (TPSA) is 75.3 Å². The van der Waals surface area contributed by atoms with Crippen LogP contribution < -0.4 is 10.0 Å².